The zero-order valence-corrected chi connectivity index (χ0v) is 14.0. The van der Waals surface area contributed by atoms with Gasteiger partial charge in [0.25, 0.3) is 5.91 Å². The molecule has 1 aliphatic carbocycles. The molecule has 0 atom stereocenters. The third-order valence-electron chi connectivity index (χ3n) is 4.48. The van der Waals surface area contributed by atoms with Crippen LogP contribution in [0.2, 0.25) is 0 Å². The van der Waals surface area contributed by atoms with Gasteiger partial charge in [-0.05, 0) is 18.8 Å². The summed E-state index contributed by atoms with van der Waals surface area (Å²) < 4.78 is 10.5. The van der Waals surface area contributed by atoms with Crippen LogP contribution in [0.5, 0.6) is 0 Å². The Balaban J connectivity index is 1.28. The number of carbonyl (C=O) groups is 1. The second-order valence-electron chi connectivity index (χ2n) is 6.40. The second kappa shape index (κ2) is 7.09. The number of aliphatic hydroxyl groups is 1. The molecular formula is C18H18N4O4. The van der Waals surface area contributed by atoms with Gasteiger partial charge in [0.05, 0.1) is 0 Å². The number of carbonyl (C=O) groups excluding carboxylic acids is 1. The summed E-state index contributed by atoms with van der Waals surface area (Å²) in [6.45, 7) is -0.251. The average molecular weight is 354 g/mol. The molecule has 1 amide bonds. The maximum absolute atomic E-state index is 12.3. The molecule has 4 rings (SSSR count). The number of aromatic nitrogens is 3. The zero-order valence-electron chi connectivity index (χ0n) is 14.0. The maximum Gasteiger partial charge on any atom is 0.290 e. The number of nitrogens with zero attached hydrogens (tertiary/aromatic N) is 3. The summed E-state index contributed by atoms with van der Waals surface area (Å²) in [6, 6.07) is 11.3. The summed E-state index contributed by atoms with van der Waals surface area (Å²) in [5.74, 6) is 1.07. The van der Waals surface area contributed by atoms with E-state index in [1.165, 1.54) is 0 Å². The first-order valence-electron chi connectivity index (χ1n) is 8.46. The Morgan fingerprint density at radius 2 is 1.96 bits per heavy atom. The lowest BCUT2D eigenvalue weighted by Gasteiger charge is -2.34. The van der Waals surface area contributed by atoms with Crippen molar-refractivity contribution in [1.82, 2.24) is 20.7 Å². The lowest BCUT2D eigenvalue weighted by molar-refractivity contribution is 0.0849. The fraction of sp³-hybridized carbons (Fsp3) is 0.333. The first kappa shape index (κ1) is 16.5. The van der Waals surface area contributed by atoms with E-state index in [9.17, 15) is 4.79 Å². The Kier molecular flexibility index (Phi) is 4.49. The average Bonchev–Trinajstić information content (AvgIpc) is 3.30. The third-order valence-corrected chi connectivity index (χ3v) is 4.48. The lowest BCUT2D eigenvalue weighted by atomic mass is 9.78. The van der Waals surface area contributed by atoms with Gasteiger partial charge in [0, 0.05) is 24.1 Å². The van der Waals surface area contributed by atoms with E-state index >= 15 is 0 Å². The zero-order chi connectivity index (χ0) is 17.9. The highest BCUT2D eigenvalue weighted by Crippen LogP contribution is 2.30. The predicted octanol–water partition coefficient (Wildman–Crippen LogP) is 1.97. The van der Waals surface area contributed by atoms with Crippen molar-refractivity contribution < 1.29 is 18.8 Å². The van der Waals surface area contributed by atoms with E-state index in [1.807, 2.05) is 30.3 Å². The number of benzene rings is 1. The van der Waals surface area contributed by atoms with E-state index in [0.29, 0.717) is 23.9 Å². The van der Waals surface area contributed by atoms with Crippen LogP contribution in [0, 0.1) is 5.92 Å². The summed E-state index contributed by atoms with van der Waals surface area (Å²) in [6.07, 6.45) is 2.32. The van der Waals surface area contributed by atoms with Gasteiger partial charge in [-0.3, -0.25) is 4.79 Å². The summed E-state index contributed by atoms with van der Waals surface area (Å²) in [4.78, 5) is 12.3. The van der Waals surface area contributed by atoms with Crippen LogP contribution in [0.1, 0.15) is 35.2 Å². The van der Waals surface area contributed by atoms with E-state index in [0.717, 1.165) is 18.4 Å². The normalized spacial score (nSPS) is 19.1. The van der Waals surface area contributed by atoms with Crippen molar-refractivity contribution in [3.63, 3.8) is 0 Å². The monoisotopic (exact) mass is 354 g/mol. The molecular weight excluding hydrogens is 336 g/mol. The molecule has 8 nitrogen and oxygen atoms in total. The lowest BCUT2D eigenvalue weighted by Crippen LogP contribution is -2.44. The van der Waals surface area contributed by atoms with Crippen LogP contribution in [0.25, 0.3) is 11.3 Å². The molecule has 2 N–H and O–H groups in total. The van der Waals surface area contributed by atoms with Gasteiger partial charge in [-0.1, -0.05) is 35.5 Å². The van der Waals surface area contributed by atoms with Gasteiger partial charge in [-0.15, -0.1) is 10.2 Å². The van der Waals surface area contributed by atoms with Crippen LogP contribution in [-0.4, -0.2) is 32.4 Å². The van der Waals surface area contributed by atoms with Gasteiger partial charge in [-0.2, -0.15) is 0 Å². The fourth-order valence-electron chi connectivity index (χ4n) is 3.09. The van der Waals surface area contributed by atoms with Crippen LogP contribution in [0.4, 0.5) is 0 Å². The van der Waals surface area contributed by atoms with Crippen LogP contribution < -0.4 is 5.32 Å². The largest absolute Gasteiger partial charge is 0.423 e. The standard InChI is InChI=1S/C18H18N4O4/c23-10-17-21-20-16(25-17)8-11-6-13(7-11)19-18(24)15-9-14(22-26-15)12-4-2-1-3-5-12/h1-5,9,11,13,23H,6-8,10H2,(H,19,24). The Labute approximate surface area is 149 Å². The molecule has 0 saturated heterocycles. The Bertz CT molecular complexity index is 884. The molecule has 0 unspecified atom stereocenters. The van der Waals surface area contributed by atoms with Gasteiger partial charge in [0.15, 0.2) is 0 Å². The van der Waals surface area contributed by atoms with Gasteiger partial charge >= 0.3 is 0 Å². The number of aliphatic hydroxyl groups excluding tert-OH is 1. The SMILES string of the molecule is O=C(NC1CC(Cc2nnc(CO)o2)C1)c1cc(-c2ccccc2)no1. The topological polar surface area (TPSA) is 114 Å². The van der Waals surface area contributed by atoms with Crippen molar-refractivity contribution in [3.8, 4) is 11.3 Å². The van der Waals surface area contributed by atoms with Crippen LogP contribution >= 0.6 is 0 Å². The van der Waals surface area contributed by atoms with E-state index in [2.05, 4.69) is 20.7 Å². The molecule has 1 fully saturated rings. The minimum absolute atomic E-state index is 0.0954. The predicted molar refractivity (Wildman–Crippen MR) is 89.8 cm³/mol. The molecule has 2 heterocycles. The molecule has 0 radical (unpaired) electrons. The summed E-state index contributed by atoms with van der Waals surface area (Å²) >= 11 is 0. The first-order chi connectivity index (χ1) is 12.7. The molecule has 2 aromatic heterocycles. The highest BCUT2D eigenvalue weighted by Gasteiger charge is 2.32. The Hall–Kier alpha value is -3.00. The van der Waals surface area contributed by atoms with Gasteiger partial charge in [0.2, 0.25) is 17.5 Å². The molecule has 0 spiro atoms. The molecule has 1 aromatic carbocycles. The summed E-state index contributed by atoms with van der Waals surface area (Å²) in [5, 5.41) is 23.4. The minimum atomic E-state index is -0.261. The molecule has 1 saturated carbocycles. The molecule has 1 aliphatic rings. The molecule has 0 aliphatic heterocycles. The molecule has 0 bridgehead atoms. The van der Waals surface area contributed by atoms with E-state index < -0.39 is 0 Å². The van der Waals surface area contributed by atoms with Crippen molar-refractivity contribution in [2.24, 2.45) is 5.92 Å². The van der Waals surface area contributed by atoms with Crippen molar-refractivity contribution >= 4 is 5.91 Å². The van der Waals surface area contributed by atoms with Gasteiger partial charge in [-0.25, -0.2) is 0 Å². The molecule has 26 heavy (non-hydrogen) atoms. The van der Waals surface area contributed by atoms with Crippen molar-refractivity contribution in [2.75, 3.05) is 0 Å². The quantitative estimate of drug-likeness (QED) is 0.695. The van der Waals surface area contributed by atoms with Crippen LogP contribution in [0.3, 0.4) is 0 Å². The Morgan fingerprint density at radius 3 is 2.69 bits per heavy atom. The number of rotatable bonds is 6. The van der Waals surface area contributed by atoms with E-state index in [-0.39, 0.29) is 30.2 Å². The second-order valence-corrected chi connectivity index (χ2v) is 6.40. The summed E-state index contributed by atoms with van der Waals surface area (Å²) in [5.41, 5.74) is 1.54. The minimum Gasteiger partial charge on any atom is -0.423 e. The van der Waals surface area contributed by atoms with Crippen LogP contribution in [0.15, 0.2) is 45.3 Å². The Morgan fingerprint density at radius 1 is 1.19 bits per heavy atom. The number of nitrogens with one attached hydrogen (secondary N) is 1. The third kappa shape index (κ3) is 3.50. The molecule has 8 heteroatoms. The number of hydrogen-bond donors (Lipinski definition) is 2. The smallest absolute Gasteiger partial charge is 0.290 e. The fourth-order valence-corrected chi connectivity index (χ4v) is 3.09. The van der Waals surface area contributed by atoms with Crippen LogP contribution in [-0.2, 0) is 13.0 Å². The van der Waals surface area contributed by atoms with Gasteiger partial charge in [0.1, 0.15) is 12.3 Å². The number of amides is 1. The highest BCUT2D eigenvalue weighted by atomic mass is 16.5. The summed E-state index contributed by atoms with van der Waals surface area (Å²) in [7, 11) is 0. The van der Waals surface area contributed by atoms with E-state index in [1.54, 1.807) is 6.07 Å². The molecule has 3 aromatic rings. The van der Waals surface area contributed by atoms with Crippen molar-refractivity contribution in [3.05, 3.63) is 53.9 Å². The van der Waals surface area contributed by atoms with Gasteiger partial charge < -0.3 is 19.4 Å². The van der Waals surface area contributed by atoms with Crippen molar-refractivity contribution in [2.45, 2.75) is 31.9 Å². The van der Waals surface area contributed by atoms with Crippen molar-refractivity contribution in [1.29, 1.82) is 0 Å². The molecule has 134 valence electrons. The highest BCUT2D eigenvalue weighted by molar-refractivity contribution is 5.92. The first-order valence-corrected chi connectivity index (χ1v) is 8.46. The number of hydrogen-bond acceptors (Lipinski definition) is 7. The van der Waals surface area contributed by atoms with E-state index in [4.69, 9.17) is 14.0 Å². The maximum atomic E-state index is 12.3.